The maximum absolute atomic E-state index is 10.9. The van der Waals surface area contributed by atoms with E-state index in [4.69, 9.17) is 16.3 Å². The summed E-state index contributed by atoms with van der Waals surface area (Å²) in [4.78, 5) is 10.9. The van der Waals surface area contributed by atoms with E-state index < -0.39 is 6.09 Å². The molecule has 0 fully saturated rings. The molecule has 0 atom stereocenters. The van der Waals surface area contributed by atoms with E-state index >= 15 is 0 Å². The Kier molecular flexibility index (Phi) is 6.52. The Hall–Kier alpha value is -1.86. The van der Waals surface area contributed by atoms with Crippen molar-refractivity contribution in [2.75, 3.05) is 19.8 Å². The summed E-state index contributed by atoms with van der Waals surface area (Å²) in [5, 5.41) is 3.02. The third kappa shape index (κ3) is 5.46. The van der Waals surface area contributed by atoms with Crippen molar-refractivity contribution in [3.05, 3.63) is 29.3 Å². The molecule has 4 nitrogen and oxygen atoms in total. The first-order valence-electron chi connectivity index (χ1n) is 5.47. The van der Waals surface area contributed by atoms with Crippen LogP contribution in [0.2, 0.25) is 5.02 Å². The molecule has 1 amide bonds. The van der Waals surface area contributed by atoms with Crippen molar-refractivity contribution in [3.8, 4) is 17.6 Å². The first-order valence-corrected chi connectivity index (χ1v) is 5.85. The summed E-state index contributed by atoms with van der Waals surface area (Å²) in [5.41, 5.74) is 0. The number of hydrogen-bond donors (Lipinski definition) is 1. The van der Waals surface area contributed by atoms with Gasteiger partial charge in [0, 0.05) is 0 Å². The number of hydrogen-bond acceptors (Lipinski definition) is 3. The molecule has 0 aliphatic heterocycles. The Bertz CT molecular complexity index is 451. The quantitative estimate of drug-likeness (QED) is 0.853. The van der Waals surface area contributed by atoms with Crippen molar-refractivity contribution in [3.63, 3.8) is 0 Å². The van der Waals surface area contributed by atoms with Crippen LogP contribution in [0.1, 0.15) is 6.92 Å². The van der Waals surface area contributed by atoms with Crippen molar-refractivity contribution >= 4 is 17.7 Å². The number of rotatable bonds is 4. The fraction of sp³-hybridized carbons (Fsp3) is 0.308. The maximum atomic E-state index is 10.9. The Labute approximate surface area is 111 Å². The molecule has 0 heterocycles. The number of nitrogens with one attached hydrogen (secondary N) is 1. The standard InChI is InChI=1S/C13H14ClNO3/c1-2-17-13(16)15-9-5-6-10-18-12-8-4-3-7-11(12)14/h3-4,7-8H,2,9-10H2,1H3,(H,15,16). The van der Waals surface area contributed by atoms with E-state index in [0.29, 0.717) is 17.4 Å². The van der Waals surface area contributed by atoms with Crippen LogP contribution in [-0.2, 0) is 4.74 Å². The van der Waals surface area contributed by atoms with Gasteiger partial charge >= 0.3 is 6.09 Å². The monoisotopic (exact) mass is 267 g/mol. The van der Waals surface area contributed by atoms with Crippen LogP contribution in [0.3, 0.4) is 0 Å². The summed E-state index contributed by atoms with van der Waals surface area (Å²) >= 11 is 5.89. The molecular formula is C13H14ClNO3. The SMILES string of the molecule is CCOC(=O)NCC#CCOc1ccccc1Cl. The lowest BCUT2D eigenvalue weighted by Crippen LogP contribution is -2.24. The topological polar surface area (TPSA) is 47.6 Å². The van der Waals surface area contributed by atoms with E-state index in [1.54, 1.807) is 19.1 Å². The van der Waals surface area contributed by atoms with Gasteiger partial charge in [0.25, 0.3) is 0 Å². The molecule has 18 heavy (non-hydrogen) atoms. The summed E-state index contributed by atoms with van der Waals surface area (Å²) in [5.74, 6) is 6.08. The normalized spacial score (nSPS) is 9.00. The van der Waals surface area contributed by atoms with Crippen molar-refractivity contribution < 1.29 is 14.3 Å². The Morgan fingerprint density at radius 2 is 2.17 bits per heavy atom. The van der Waals surface area contributed by atoms with Crippen LogP contribution >= 0.6 is 11.6 Å². The third-order valence-corrected chi connectivity index (χ3v) is 2.17. The second-order valence-corrected chi connectivity index (χ2v) is 3.55. The van der Waals surface area contributed by atoms with Gasteiger partial charge in [-0.2, -0.15) is 0 Å². The Morgan fingerprint density at radius 1 is 1.39 bits per heavy atom. The van der Waals surface area contributed by atoms with Gasteiger partial charge in [-0.05, 0) is 19.1 Å². The van der Waals surface area contributed by atoms with Crippen molar-refractivity contribution in [2.24, 2.45) is 0 Å². The fourth-order valence-corrected chi connectivity index (χ4v) is 1.28. The summed E-state index contributed by atoms with van der Waals surface area (Å²) in [7, 11) is 0. The first-order chi connectivity index (χ1) is 8.74. The highest BCUT2D eigenvalue weighted by Gasteiger charge is 1.97. The molecule has 96 valence electrons. The molecule has 1 aromatic rings. The molecule has 1 aromatic carbocycles. The summed E-state index contributed by atoms with van der Waals surface area (Å²) < 4.78 is 10.0. The highest BCUT2D eigenvalue weighted by Crippen LogP contribution is 2.22. The largest absolute Gasteiger partial charge is 0.479 e. The van der Waals surface area contributed by atoms with Gasteiger partial charge in [-0.3, -0.25) is 0 Å². The molecule has 0 saturated heterocycles. The lowest BCUT2D eigenvalue weighted by Gasteiger charge is -2.03. The molecule has 0 bridgehead atoms. The molecular weight excluding hydrogens is 254 g/mol. The smallest absolute Gasteiger partial charge is 0.407 e. The van der Waals surface area contributed by atoms with E-state index in [1.807, 2.05) is 12.1 Å². The number of halogens is 1. The molecule has 0 saturated carbocycles. The average molecular weight is 268 g/mol. The third-order valence-electron chi connectivity index (χ3n) is 1.86. The van der Waals surface area contributed by atoms with Gasteiger partial charge in [0.2, 0.25) is 0 Å². The highest BCUT2D eigenvalue weighted by molar-refractivity contribution is 6.32. The Morgan fingerprint density at radius 3 is 2.89 bits per heavy atom. The van der Waals surface area contributed by atoms with Crippen LogP contribution in [0.25, 0.3) is 0 Å². The van der Waals surface area contributed by atoms with Crippen molar-refractivity contribution in [1.82, 2.24) is 5.32 Å². The van der Waals surface area contributed by atoms with Gasteiger partial charge in [0.15, 0.2) is 0 Å². The molecule has 1 rings (SSSR count). The number of alkyl carbamates (subject to hydrolysis) is 1. The lowest BCUT2D eigenvalue weighted by molar-refractivity contribution is 0.153. The molecule has 0 spiro atoms. The molecule has 0 aliphatic carbocycles. The lowest BCUT2D eigenvalue weighted by atomic mass is 10.3. The zero-order valence-corrected chi connectivity index (χ0v) is 10.8. The van der Waals surface area contributed by atoms with E-state index in [-0.39, 0.29) is 13.2 Å². The number of amides is 1. The minimum absolute atomic E-state index is 0.217. The van der Waals surface area contributed by atoms with E-state index in [9.17, 15) is 4.79 Å². The minimum Gasteiger partial charge on any atom is -0.479 e. The number of carbonyl (C=O) groups is 1. The van der Waals surface area contributed by atoms with E-state index in [0.717, 1.165) is 0 Å². The molecule has 5 heteroatoms. The number of carbonyl (C=O) groups excluding carboxylic acids is 1. The molecule has 0 radical (unpaired) electrons. The van der Waals surface area contributed by atoms with Gasteiger partial charge in [0.05, 0.1) is 18.2 Å². The highest BCUT2D eigenvalue weighted by atomic mass is 35.5. The van der Waals surface area contributed by atoms with Crippen LogP contribution in [-0.4, -0.2) is 25.9 Å². The second kappa shape index (κ2) is 8.26. The zero-order chi connectivity index (χ0) is 13.2. The van der Waals surface area contributed by atoms with Crippen LogP contribution in [0.5, 0.6) is 5.75 Å². The number of benzene rings is 1. The predicted molar refractivity (Wildman–Crippen MR) is 69.7 cm³/mol. The number of ether oxygens (including phenoxy) is 2. The van der Waals surface area contributed by atoms with Gasteiger partial charge in [0.1, 0.15) is 12.4 Å². The summed E-state index contributed by atoms with van der Waals surface area (Å²) in [6.45, 7) is 2.52. The molecule has 0 unspecified atom stereocenters. The minimum atomic E-state index is -0.473. The zero-order valence-electron chi connectivity index (χ0n) is 10.0. The predicted octanol–water partition coefficient (Wildman–Crippen LogP) is 2.47. The molecule has 0 aromatic heterocycles. The molecule has 0 aliphatic rings. The van der Waals surface area contributed by atoms with E-state index in [1.165, 1.54) is 0 Å². The van der Waals surface area contributed by atoms with Gasteiger partial charge in [-0.15, -0.1) is 0 Å². The van der Waals surface area contributed by atoms with Gasteiger partial charge in [-0.25, -0.2) is 4.79 Å². The summed E-state index contributed by atoms with van der Waals surface area (Å²) in [6.07, 6.45) is -0.473. The van der Waals surface area contributed by atoms with Crippen LogP contribution in [0.15, 0.2) is 24.3 Å². The van der Waals surface area contributed by atoms with Crippen molar-refractivity contribution in [2.45, 2.75) is 6.92 Å². The van der Waals surface area contributed by atoms with Crippen molar-refractivity contribution in [1.29, 1.82) is 0 Å². The van der Waals surface area contributed by atoms with Crippen LogP contribution in [0.4, 0.5) is 4.79 Å². The maximum Gasteiger partial charge on any atom is 0.407 e. The molecule has 1 N–H and O–H groups in total. The average Bonchev–Trinajstić information content (AvgIpc) is 2.36. The van der Waals surface area contributed by atoms with Crippen LogP contribution in [0, 0.1) is 11.8 Å². The Balaban J connectivity index is 2.22. The van der Waals surface area contributed by atoms with Gasteiger partial charge < -0.3 is 14.8 Å². The van der Waals surface area contributed by atoms with E-state index in [2.05, 4.69) is 21.9 Å². The summed E-state index contributed by atoms with van der Waals surface area (Å²) in [6, 6.07) is 7.16. The first kappa shape index (κ1) is 14.2. The van der Waals surface area contributed by atoms with Crippen LogP contribution < -0.4 is 10.1 Å². The van der Waals surface area contributed by atoms with Gasteiger partial charge in [-0.1, -0.05) is 35.6 Å². The second-order valence-electron chi connectivity index (χ2n) is 3.15. The fourth-order valence-electron chi connectivity index (χ4n) is 1.09. The number of para-hydroxylation sites is 1.